The molecule has 0 aliphatic rings. The van der Waals surface area contributed by atoms with Crippen LogP contribution in [0.3, 0.4) is 0 Å². The van der Waals surface area contributed by atoms with Crippen LogP contribution in [-0.2, 0) is 16.6 Å². The lowest BCUT2D eigenvalue weighted by Crippen LogP contribution is -2.28. The van der Waals surface area contributed by atoms with Gasteiger partial charge < -0.3 is 10.4 Å². The van der Waals surface area contributed by atoms with Crippen molar-refractivity contribution in [3.63, 3.8) is 0 Å². The van der Waals surface area contributed by atoms with Crippen molar-refractivity contribution < 1.29 is 18.3 Å². The highest BCUT2D eigenvalue weighted by molar-refractivity contribution is 7.92. The Bertz CT molecular complexity index is 515. The van der Waals surface area contributed by atoms with Gasteiger partial charge in [-0.1, -0.05) is 6.07 Å². The molecule has 1 rings (SSSR count). The van der Waals surface area contributed by atoms with Crippen molar-refractivity contribution in [1.82, 2.24) is 10.3 Å². The molecular formula is C9H13N3O4S. The van der Waals surface area contributed by atoms with E-state index in [1.807, 2.05) is 0 Å². The second-order valence-electron chi connectivity index (χ2n) is 3.38. The van der Waals surface area contributed by atoms with Gasteiger partial charge in [-0.2, -0.15) is 0 Å². The van der Waals surface area contributed by atoms with Crippen molar-refractivity contribution >= 4 is 21.9 Å². The highest BCUT2D eigenvalue weighted by Gasteiger charge is 2.16. The largest absolute Gasteiger partial charge is 0.465 e. The van der Waals surface area contributed by atoms with E-state index in [0.717, 1.165) is 10.6 Å². The Labute approximate surface area is 99.1 Å². The summed E-state index contributed by atoms with van der Waals surface area (Å²) in [5, 5.41) is 10.7. The normalized spacial score (nSPS) is 10.9. The molecule has 7 nitrogen and oxygen atoms in total. The molecule has 0 spiro atoms. The number of hydrogen-bond donors (Lipinski definition) is 2. The molecule has 0 aliphatic heterocycles. The van der Waals surface area contributed by atoms with Crippen LogP contribution in [0.15, 0.2) is 18.3 Å². The summed E-state index contributed by atoms with van der Waals surface area (Å²) in [7, 11) is -2.06. The number of anilines is 1. The predicted octanol–water partition coefficient (Wildman–Crippen LogP) is 0.245. The van der Waals surface area contributed by atoms with Gasteiger partial charge in [0.05, 0.1) is 6.26 Å². The van der Waals surface area contributed by atoms with Crippen LogP contribution in [0, 0.1) is 0 Å². The van der Waals surface area contributed by atoms with Gasteiger partial charge in [0, 0.05) is 25.4 Å². The van der Waals surface area contributed by atoms with Gasteiger partial charge >= 0.3 is 6.09 Å². The van der Waals surface area contributed by atoms with Crippen molar-refractivity contribution in [1.29, 1.82) is 0 Å². The molecule has 0 saturated carbocycles. The molecule has 1 amide bonds. The number of nitrogens with zero attached hydrogens (tertiary/aromatic N) is 2. The molecule has 0 aliphatic carbocycles. The number of aromatic nitrogens is 1. The second kappa shape index (κ2) is 5.00. The molecule has 94 valence electrons. The number of amides is 1. The Hall–Kier alpha value is -1.83. The van der Waals surface area contributed by atoms with Crippen LogP contribution < -0.4 is 9.62 Å². The molecule has 0 aromatic carbocycles. The summed E-state index contributed by atoms with van der Waals surface area (Å²) in [6.45, 7) is -0.00162. The molecule has 1 aromatic heterocycles. The molecule has 8 heteroatoms. The number of sulfonamides is 1. The first-order valence-electron chi connectivity index (χ1n) is 4.67. The maximum Gasteiger partial charge on any atom is 0.404 e. The summed E-state index contributed by atoms with van der Waals surface area (Å²) in [5.41, 5.74) is 0.489. The fraction of sp³-hybridized carbons (Fsp3) is 0.333. The quantitative estimate of drug-likeness (QED) is 0.807. The molecule has 2 N–H and O–H groups in total. The standard InChI is InChI=1S/C9H13N3O4S/c1-12(17(2,15)16)8-7(4-3-5-10-8)6-11-9(13)14/h3-5,11H,6H2,1-2H3,(H,13,14). The Balaban J connectivity index is 3.03. The van der Waals surface area contributed by atoms with Crippen LogP contribution >= 0.6 is 0 Å². The third-order valence-electron chi connectivity index (χ3n) is 2.09. The van der Waals surface area contributed by atoms with E-state index in [1.54, 1.807) is 12.1 Å². The summed E-state index contributed by atoms with van der Waals surface area (Å²) < 4.78 is 23.7. The summed E-state index contributed by atoms with van der Waals surface area (Å²) in [6.07, 6.45) is 1.32. The lowest BCUT2D eigenvalue weighted by Gasteiger charge is -2.18. The lowest BCUT2D eigenvalue weighted by atomic mass is 10.2. The SMILES string of the molecule is CN(c1ncccc1CNC(=O)O)S(C)(=O)=O. The van der Waals surface area contributed by atoms with E-state index in [0.29, 0.717) is 5.56 Å². The Morgan fingerprint density at radius 2 is 2.24 bits per heavy atom. The zero-order valence-electron chi connectivity index (χ0n) is 9.41. The van der Waals surface area contributed by atoms with Gasteiger partial charge in [0.1, 0.15) is 5.82 Å². The van der Waals surface area contributed by atoms with Crippen molar-refractivity contribution in [2.45, 2.75) is 6.54 Å². The summed E-state index contributed by atoms with van der Waals surface area (Å²) in [5.74, 6) is 0.212. The van der Waals surface area contributed by atoms with E-state index in [4.69, 9.17) is 5.11 Å². The van der Waals surface area contributed by atoms with Crippen LogP contribution in [0.2, 0.25) is 0 Å². The van der Waals surface area contributed by atoms with Crippen LogP contribution in [-0.4, -0.2) is 37.9 Å². The molecule has 0 fully saturated rings. The Morgan fingerprint density at radius 1 is 1.59 bits per heavy atom. The third kappa shape index (κ3) is 3.59. The maximum atomic E-state index is 11.4. The van der Waals surface area contributed by atoms with E-state index in [-0.39, 0.29) is 12.4 Å². The van der Waals surface area contributed by atoms with Crippen LogP contribution in [0.4, 0.5) is 10.6 Å². The van der Waals surface area contributed by atoms with Gasteiger partial charge in [-0.05, 0) is 6.07 Å². The van der Waals surface area contributed by atoms with Crippen molar-refractivity contribution in [2.24, 2.45) is 0 Å². The van der Waals surface area contributed by atoms with Crippen LogP contribution in [0.5, 0.6) is 0 Å². The van der Waals surface area contributed by atoms with Crippen LogP contribution in [0.25, 0.3) is 0 Å². The molecule has 0 radical (unpaired) electrons. The number of carbonyl (C=O) groups is 1. The molecule has 1 aromatic rings. The van der Waals surface area contributed by atoms with Gasteiger partial charge in [-0.15, -0.1) is 0 Å². The van der Waals surface area contributed by atoms with E-state index in [9.17, 15) is 13.2 Å². The monoisotopic (exact) mass is 259 g/mol. The summed E-state index contributed by atoms with van der Waals surface area (Å²) in [6, 6.07) is 3.22. The zero-order valence-corrected chi connectivity index (χ0v) is 10.2. The first-order valence-corrected chi connectivity index (χ1v) is 6.52. The fourth-order valence-corrected chi connectivity index (χ4v) is 1.66. The summed E-state index contributed by atoms with van der Waals surface area (Å²) in [4.78, 5) is 14.3. The second-order valence-corrected chi connectivity index (χ2v) is 5.39. The first-order chi connectivity index (χ1) is 7.82. The maximum absolute atomic E-state index is 11.4. The van der Waals surface area contributed by atoms with Crippen molar-refractivity contribution in [2.75, 3.05) is 17.6 Å². The van der Waals surface area contributed by atoms with E-state index >= 15 is 0 Å². The molecule has 1 heterocycles. The average Bonchev–Trinajstić information content (AvgIpc) is 2.24. The Morgan fingerprint density at radius 3 is 2.76 bits per heavy atom. The van der Waals surface area contributed by atoms with Gasteiger partial charge in [0.15, 0.2) is 0 Å². The van der Waals surface area contributed by atoms with Gasteiger partial charge in [0.2, 0.25) is 10.0 Å². The number of pyridine rings is 1. The minimum atomic E-state index is -3.42. The van der Waals surface area contributed by atoms with E-state index < -0.39 is 16.1 Å². The molecule has 0 unspecified atom stereocenters. The smallest absolute Gasteiger partial charge is 0.404 e. The number of hydrogen-bond acceptors (Lipinski definition) is 4. The molecule has 17 heavy (non-hydrogen) atoms. The van der Waals surface area contributed by atoms with Crippen molar-refractivity contribution in [3.05, 3.63) is 23.9 Å². The van der Waals surface area contributed by atoms with E-state index in [1.165, 1.54) is 13.2 Å². The molecule has 0 saturated heterocycles. The molecule has 0 bridgehead atoms. The van der Waals surface area contributed by atoms with E-state index in [2.05, 4.69) is 10.3 Å². The lowest BCUT2D eigenvalue weighted by molar-refractivity contribution is 0.194. The predicted molar refractivity (Wildman–Crippen MR) is 62.3 cm³/mol. The topological polar surface area (TPSA) is 99.6 Å². The van der Waals surface area contributed by atoms with Gasteiger partial charge in [-0.25, -0.2) is 18.2 Å². The first kappa shape index (κ1) is 13.2. The minimum Gasteiger partial charge on any atom is -0.465 e. The summed E-state index contributed by atoms with van der Waals surface area (Å²) >= 11 is 0. The number of nitrogens with one attached hydrogen (secondary N) is 1. The molecule has 0 atom stereocenters. The average molecular weight is 259 g/mol. The van der Waals surface area contributed by atoms with Crippen LogP contribution in [0.1, 0.15) is 5.56 Å². The highest BCUT2D eigenvalue weighted by atomic mass is 32.2. The Kier molecular flexibility index (Phi) is 3.89. The number of carboxylic acid groups (broad SMARTS) is 1. The fourth-order valence-electron chi connectivity index (χ4n) is 1.18. The third-order valence-corrected chi connectivity index (χ3v) is 3.26. The zero-order chi connectivity index (χ0) is 13.1. The van der Waals surface area contributed by atoms with Gasteiger partial charge in [0.25, 0.3) is 0 Å². The number of rotatable bonds is 4. The minimum absolute atomic E-state index is 0.00162. The highest BCUT2D eigenvalue weighted by Crippen LogP contribution is 2.17. The van der Waals surface area contributed by atoms with Crippen molar-refractivity contribution in [3.8, 4) is 0 Å². The molecular weight excluding hydrogens is 246 g/mol. The van der Waals surface area contributed by atoms with Gasteiger partial charge in [-0.3, -0.25) is 4.31 Å².